The van der Waals surface area contributed by atoms with Crippen LogP contribution in [0.1, 0.15) is 5.56 Å². The number of carbonyl (C=O) groups excluding carboxylic acids is 1. The molecule has 2 N–H and O–H groups in total. The Hall–Kier alpha value is -1.44. The van der Waals surface area contributed by atoms with Gasteiger partial charge in [-0.15, -0.1) is 10.2 Å². The predicted molar refractivity (Wildman–Crippen MR) is 78.5 cm³/mol. The van der Waals surface area contributed by atoms with Crippen LogP contribution in [0.4, 0.5) is 5.13 Å². The van der Waals surface area contributed by atoms with Crippen LogP contribution in [-0.4, -0.2) is 29.7 Å². The number of rotatable bonds is 6. The van der Waals surface area contributed by atoms with Crippen LogP contribution >= 0.6 is 23.1 Å². The lowest BCUT2D eigenvalue weighted by Crippen LogP contribution is -2.24. The average molecular weight is 294 g/mol. The smallest absolute Gasteiger partial charge is 0.240 e. The number of aromatic nitrogens is 2. The summed E-state index contributed by atoms with van der Waals surface area (Å²) >= 11 is 3.00. The molecule has 0 atom stereocenters. The van der Waals surface area contributed by atoms with Gasteiger partial charge in [-0.2, -0.15) is 0 Å². The maximum atomic E-state index is 11.4. The fourth-order valence-corrected chi connectivity index (χ4v) is 3.09. The van der Waals surface area contributed by atoms with Crippen LogP contribution in [0.3, 0.4) is 0 Å². The topological polar surface area (TPSA) is 66.9 Å². The van der Waals surface area contributed by atoms with Crippen molar-refractivity contribution in [3.8, 4) is 0 Å². The van der Waals surface area contributed by atoms with Gasteiger partial charge in [0.25, 0.3) is 0 Å². The Morgan fingerprint density at radius 3 is 2.84 bits per heavy atom. The first-order chi connectivity index (χ1) is 9.28. The number of nitrogens with one attached hydrogen (secondary N) is 2. The van der Waals surface area contributed by atoms with E-state index in [0.29, 0.717) is 5.13 Å². The molecule has 100 valence electrons. The van der Waals surface area contributed by atoms with Gasteiger partial charge >= 0.3 is 0 Å². The van der Waals surface area contributed by atoms with Gasteiger partial charge in [-0.25, -0.2) is 0 Å². The minimum absolute atomic E-state index is 0.113. The van der Waals surface area contributed by atoms with Gasteiger partial charge in [0.1, 0.15) is 0 Å². The molecule has 1 aromatic heterocycles. The van der Waals surface area contributed by atoms with Crippen molar-refractivity contribution >= 4 is 34.1 Å². The van der Waals surface area contributed by atoms with Gasteiger partial charge in [0.05, 0.1) is 6.54 Å². The Morgan fingerprint density at radius 2 is 2.11 bits per heavy atom. The second-order valence-electron chi connectivity index (χ2n) is 3.73. The lowest BCUT2D eigenvalue weighted by molar-refractivity contribution is -0.115. The van der Waals surface area contributed by atoms with Crippen LogP contribution in [0.5, 0.6) is 0 Å². The normalized spacial score (nSPS) is 10.4. The van der Waals surface area contributed by atoms with Gasteiger partial charge in [-0.3, -0.25) is 10.1 Å². The minimum Gasteiger partial charge on any atom is -0.311 e. The van der Waals surface area contributed by atoms with Crippen molar-refractivity contribution in [2.75, 3.05) is 18.9 Å². The van der Waals surface area contributed by atoms with Crippen molar-refractivity contribution in [1.82, 2.24) is 15.5 Å². The lowest BCUT2D eigenvalue weighted by Gasteiger charge is -1.98. The van der Waals surface area contributed by atoms with E-state index in [1.165, 1.54) is 16.9 Å². The van der Waals surface area contributed by atoms with E-state index < -0.39 is 0 Å². The van der Waals surface area contributed by atoms with Crippen molar-refractivity contribution in [3.63, 3.8) is 0 Å². The van der Waals surface area contributed by atoms with Crippen LogP contribution in [0.15, 0.2) is 34.7 Å². The number of nitrogens with zero attached hydrogens (tertiary/aromatic N) is 2. The standard InChI is InChI=1S/C12H14N4OS2/c1-13-7-10(17)14-11-15-16-12(19-11)18-8-9-5-3-2-4-6-9/h2-6,13H,7-8H2,1H3,(H,14,15,17). The van der Waals surface area contributed by atoms with Gasteiger partial charge in [-0.05, 0) is 12.6 Å². The molecule has 0 aliphatic heterocycles. The number of carbonyl (C=O) groups is 1. The third-order valence-corrected chi connectivity index (χ3v) is 4.24. The molecule has 0 saturated carbocycles. The molecule has 2 aromatic rings. The molecule has 0 bridgehead atoms. The Bertz CT molecular complexity index is 530. The zero-order valence-corrected chi connectivity index (χ0v) is 12.1. The van der Waals surface area contributed by atoms with Gasteiger partial charge in [0.2, 0.25) is 11.0 Å². The highest BCUT2D eigenvalue weighted by atomic mass is 32.2. The summed E-state index contributed by atoms with van der Waals surface area (Å²) in [5.74, 6) is 0.734. The van der Waals surface area contributed by atoms with Crippen molar-refractivity contribution in [3.05, 3.63) is 35.9 Å². The Balaban J connectivity index is 1.85. The van der Waals surface area contributed by atoms with Gasteiger partial charge in [0, 0.05) is 5.75 Å². The molecule has 5 nitrogen and oxygen atoms in total. The molecule has 0 radical (unpaired) electrons. The SMILES string of the molecule is CNCC(=O)Nc1nnc(SCc2ccccc2)s1. The predicted octanol–water partition coefficient (Wildman–Crippen LogP) is 1.99. The van der Waals surface area contributed by atoms with Crippen LogP contribution in [0, 0.1) is 0 Å². The van der Waals surface area contributed by atoms with E-state index >= 15 is 0 Å². The molecule has 0 aliphatic carbocycles. The van der Waals surface area contributed by atoms with Crippen LogP contribution in [0.25, 0.3) is 0 Å². The number of thioether (sulfide) groups is 1. The van der Waals surface area contributed by atoms with Gasteiger partial charge in [-0.1, -0.05) is 53.4 Å². The molecular weight excluding hydrogens is 280 g/mol. The van der Waals surface area contributed by atoms with E-state index in [0.717, 1.165) is 10.1 Å². The molecule has 7 heteroatoms. The average Bonchev–Trinajstić information content (AvgIpc) is 2.85. The molecule has 1 amide bonds. The van der Waals surface area contributed by atoms with E-state index in [2.05, 4.69) is 33.0 Å². The number of anilines is 1. The summed E-state index contributed by atoms with van der Waals surface area (Å²) in [6.45, 7) is 0.270. The fraction of sp³-hybridized carbons (Fsp3) is 0.250. The summed E-state index contributed by atoms with van der Waals surface area (Å²) < 4.78 is 0.851. The monoisotopic (exact) mass is 294 g/mol. The molecule has 19 heavy (non-hydrogen) atoms. The van der Waals surface area contributed by atoms with E-state index in [-0.39, 0.29) is 12.5 Å². The molecule has 0 spiro atoms. The number of benzene rings is 1. The van der Waals surface area contributed by atoms with Crippen molar-refractivity contribution in [1.29, 1.82) is 0 Å². The molecule has 1 heterocycles. The summed E-state index contributed by atoms with van der Waals surface area (Å²) in [5, 5.41) is 14.0. The molecule has 1 aromatic carbocycles. The number of hydrogen-bond donors (Lipinski definition) is 2. The maximum Gasteiger partial charge on any atom is 0.240 e. The number of amides is 1. The second-order valence-corrected chi connectivity index (χ2v) is 5.93. The van der Waals surface area contributed by atoms with Crippen molar-refractivity contribution in [2.24, 2.45) is 0 Å². The third kappa shape index (κ3) is 4.62. The van der Waals surface area contributed by atoms with Gasteiger partial charge < -0.3 is 5.32 Å². The Labute approximate surface area is 119 Å². The first-order valence-electron chi connectivity index (χ1n) is 5.72. The van der Waals surface area contributed by atoms with Crippen LogP contribution in [0.2, 0.25) is 0 Å². The highest BCUT2D eigenvalue weighted by Crippen LogP contribution is 2.28. The summed E-state index contributed by atoms with van der Waals surface area (Å²) in [4.78, 5) is 11.4. The molecule has 0 fully saturated rings. The van der Waals surface area contributed by atoms with Crippen molar-refractivity contribution < 1.29 is 4.79 Å². The fourth-order valence-electron chi connectivity index (χ4n) is 1.36. The zero-order valence-electron chi connectivity index (χ0n) is 10.4. The lowest BCUT2D eigenvalue weighted by atomic mass is 10.2. The van der Waals surface area contributed by atoms with Crippen LogP contribution in [-0.2, 0) is 10.5 Å². The largest absolute Gasteiger partial charge is 0.311 e. The highest BCUT2D eigenvalue weighted by Gasteiger charge is 2.07. The first-order valence-corrected chi connectivity index (χ1v) is 7.53. The zero-order chi connectivity index (χ0) is 13.5. The Morgan fingerprint density at radius 1 is 1.32 bits per heavy atom. The number of likely N-dealkylation sites (N-methyl/N-ethyl adjacent to an activating group) is 1. The Kier molecular flexibility index (Phi) is 5.31. The molecule has 0 unspecified atom stereocenters. The summed E-state index contributed by atoms with van der Waals surface area (Å²) in [7, 11) is 1.72. The van der Waals surface area contributed by atoms with Crippen LogP contribution < -0.4 is 10.6 Å². The molecule has 0 aliphatic rings. The first kappa shape index (κ1) is 14.0. The molecule has 2 rings (SSSR count). The van der Waals surface area contributed by atoms with Crippen molar-refractivity contribution in [2.45, 2.75) is 10.1 Å². The summed E-state index contributed by atoms with van der Waals surface area (Å²) in [5.41, 5.74) is 1.24. The minimum atomic E-state index is -0.113. The summed E-state index contributed by atoms with van der Waals surface area (Å²) in [6, 6.07) is 10.2. The second kappa shape index (κ2) is 7.22. The quantitative estimate of drug-likeness (QED) is 0.630. The van der Waals surface area contributed by atoms with Gasteiger partial charge in [0.15, 0.2) is 4.34 Å². The highest BCUT2D eigenvalue weighted by molar-refractivity contribution is 8.00. The molecule has 0 saturated heterocycles. The number of hydrogen-bond acceptors (Lipinski definition) is 6. The summed E-state index contributed by atoms with van der Waals surface area (Å²) in [6.07, 6.45) is 0. The molecular formula is C12H14N4OS2. The van der Waals surface area contributed by atoms with E-state index in [1.807, 2.05) is 18.2 Å². The van der Waals surface area contributed by atoms with E-state index in [9.17, 15) is 4.79 Å². The third-order valence-electron chi connectivity index (χ3n) is 2.20. The maximum absolute atomic E-state index is 11.4. The van der Waals surface area contributed by atoms with E-state index in [1.54, 1.807) is 18.8 Å². The van der Waals surface area contributed by atoms with E-state index in [4.69, 9.17) is 0 Å².